The normalized spacial score (nSPS) is 39.7. The predicted octanol–water partition coefficient (Wildman–Crippen LogP) is 2.42. The zero-order valence-electron chi connectivity index (χ0n) is 11.3. The Morgan fingerprint density at radius 1 is 1.21 bits per heavy atom. The summed E-state index contributed by atoms with van der Waals surface area (Å²) in [5.41, 5.74) is 0.374. The lowest BCUT2D eigenvalue weighted by molar-refractivity contribution is -0.255. The molecule has 0 aromatic carbocycles. The van der Waals surface area contributed by atoms with Gasteiger partial charge < -0.3 is 14.3 Å². The summed E-state index contributed by atoms with van der Waals surface area (Å²) < 4.78 is 5.84. The number of carboxylic acid groups (broad SMARTS) is 1. The second kappa shape index (κ2) is 3.65. The van der Waals surface area contributed by atoms with Gasteiger partial charge in [0.25, 0.3) is 0 Å². The molecule has 4 aliphatic rings. The molecular weight excluding hydrogens is 240 g/mol. The van der Waals surface area contributed by atoms with E-state index in [0.29, 0.717) is 5.76 Å². The molecule has 3 heteroatoms. The summed E-state index contributed by atoms with van der Waals surface area (Å²) in [5, 5.41) is 11.1. The van der Waals surface area contributed by atoms with E-state index in [2.05, 4.69) is 0 Å². The summed E-state index contributed by atoms with van der Waals surface area (Å²) in [7, 11) is 0. The van der Waals surface area contributed by atoms with Crippen molar-refractivity contribution >= 4 is 5.97 Å². The molecule has 1 heterocycles. The molecule has 0 radical (unpaired) electrons. The third-order valence-electron chi connectivity index (χ3n) is 5.70. The Hall–Kier alpha value is -1.25. The van der Waals surface area contributed by atoms with Crippen molar-refractivity contribution in [2.45, 2.75) is 50.9 Å². The summed E-state index contributed by atoms with van der Waals surface area (Å²) in [6.45, 7) is 1.73. The average Bonchev–Trinajstić information content (AvgIpc) is 2.70. The molecular formula is C16H19O3-. The highest BCUT2D eigenvalue weighted by Gasteiger charge is 2.53. The molecule has 0 atom stereocenters. The van der Waals surface area contributed by atoms with Gasteiger partial charge in [-0.25, -0.2) is 0 Å². The molecule has 0 unspecified atom stereocenters. The molecule has 1 aromatic rings. The molecule has 4 saturated carbocycles. The van der Waals surface area contributed by atoms with Gasteiger partial charge in [0.05, 0.1) is 5.97 Å². The number of aromatic carboxylic acids is 1. The first-order chi connectivity index (χ1) is 9.06. The second-order valence-corrected chi connectivity index (χ2v) is 7.07. The largest absolute Gasteiger partial charge is 0.545 e. The fraction of sp³-hybridized carbons (Fsp3) is 0.688. The standard InChI is InChI=1S/C16H20O3/c1-9-13(15(17)18)5-14(19-9)16-6-10-2-11(7-16)4-12(3-10)8-16/h5,10-12H,2-4,6-8H2,1H3,(H,17,18)/p-1. The van der Waals surface area contributed by atoms with Crippen LogP contribution < -0.4 is 5.11 Å². The Morgan fingerprint density at radius 2 is 1.74 bits per heavy atom. The minimum absolute atomic E-state index is 0.132. The van der Waals surface area contributed by atoms with Gasteiger partial charge in [-0.2, -0.15) is 0 Å². The molecule has 3 nitrogen and oxygen atoms in total. The lowest BCUT2D eigenvalue weighted by Gasteiger charge is -2.55. The van der Waals surface area contributed by atoms with E-state index in [1.165, 1.54) is 38.5 Å². The number of carbonyl (C=O) groups is 1. The maximum atomic E-state index is 11.1. The fourth-order valence-electron chi connectivity index (χ4n) is 5.36. The minimum atomic E-state index is -1.11. The Bertz CT molecular complexity index is 505. The molecule has 0 aliphatic heterocycles. The Morgan fingerprint density at radius 3 is 2.16 bits per heavy atom. The van der Waals surface area contributed by atoms with E-state index in [0.717, 1.165) is 23.5 Å². The lowest BCUT2D eigenvalue weighted by atomic mass is 9.49. The highest BCUT2D eigenvalue weighted by Crippen LogP contribution is 2.60. The highest BCUT2D eigenvalue weighted by atomic mass is 16.4. The van der Waals surface area contributed by atoms with Crippen LogP contribution >= 0.6 is 0 Å². The van der Waals surface area contributed by atoms with Gasteiger partial charge >= 0.3 is 0 Å². The quantitative estimate of drug-likeness (QED) is 0.819. The lowest BCUT2D eigenvalue weighted by Crippen LogP contribution is -2.48. The van der Waals surface area contributed by atoms with Crippen molar-refractivity contribution in [3.63, 3.8) is 0 Å². The van der Waals surface area contributed by atoms with Gasteiger partial charge in [0, 0.05) is 11.0 Å². The van der Waals surface area contributed by atoms with E-state index in [-0.39, 0.29) is 11.0 Å². The van der Waals surface area contributed by atoms with Crippen LogP contribution in [0.4, 0.5) is 0 Å². The van der Waals surface area contributed by atoms with Crippen LogP contribution in [0, 0.1) is 24.7 Å². The van der Waals surface area contributed by atoms with Crippen molar-refractivity contribution in [1.82, 2.24) is 0 Å². The maximum absolute atomic E-state index is 11.1. The molecule has 4 fully saturated rings. The van der Waals surface area contributed by atoms with Crippen LogP contribution in [0.3, 0.4) is 0 Å². The highest BCUT2D eigenvalue weighted by molar-refractivity contribution is 5.87. The van der Waals surface area contributed by atoms with Gasteiger partial charge in [-0.1, -0.05) is 0 Å². The van der Waals surface area contributed by atoms with Crippen molar-refractivity contribution in [2.24, 2.45) is 17.8 Å². The third-order valence-corrected chi connectivity index (χ3v) is 5.70. The van der Waals surface area contributed by atoms with Crippen LogP contribution in [-0.2, 0) is 5.41 Å². The number of hydrogen-bond donors (Lipinski definition) is 0. The van der Waals surface area contributed by atoms with E-state index < -0.39 is 5.97 Å². The molecule has 102 valence electrons. The smallest absolute Gasteiger partial charge is 0.111 e. The van der Waals surface area contributed by atoms with E-state index in [1.807, 2.05) is 0 Å². The molecule has 4 aliphatic carbocycles. The Kier molecular flexibility index (Phi) is 2.22. The van der Waals surface area contributed by atoms with Crippen LogP contribution in [0.1, 0.15) is 60.4 Å². The van der Waals surface area contributed by atoms with Gasteiger partial charge in [-0.3, -0.25) is 0 Å². The van der Waals surface area contributed by atoms with Gasteiger partial charge in [-0.05, 0) is 69.3 Å². The maximum Gasteiger partial charge on any atom is 0.111 e. The van der Waals surface area contributed by atoms with Crippen LogP contribution in [-0.4, -0.2) is 5.97 Å². The number of furan rings is 1. The Labute approximate surface area is 113 Å². The molecule has 4 bridgehead atoms. The molecule has 0 N–H and O–H groups in total. The summed E-state index contributed by atoms with van der Waals surface area (Å²) in [6, 6.07) is 1.75. The van der Waals surface area contributed by atoms with Crippen molar-refractivity contribution in [3.8, 4) is 0 Å². The van der Waals surface area contributed by atoms with E-state index in [9.17, 15) is 9.90 Å². The van der Waals surface area contributed by atoms with E-state index in [4.69, 9.17) is 4.42 Å². The van der Waals surface area contributed by atoms with Gasteiger partial charge in [0.1, 0.15) is 11.5 Å². The molecule has 0 amide bonds. The predicted molar refractivity (Wildman–Crippen MR) is 67.6 cm³/mol. The third kappa shape index (κ3) is 1.60. The van der Waals surface area contributed by atoms with Gasteiger partial charge in [-0.15, -0.1) is 0 Å². The molecule has 5 rings (SSSR count). The van der Waals surface area contributed by atoms with Crippen LogP contribution in [0.25, 0.3) is 0 Å². The van der Waals surface area contributed by atoms with E-state index >= 15 is 0 Å². The van der Waals surface area contributed by atoms with Crippen molar-refractivity contribution in [2.75, 3.05) is 0 Å². The zero-order chi connectivity index (χ0) is 13.2. The summed E-state index contributed by atoms with van der Waals surface area (Å²) in [6.07, 6.45) is 7.72. The summed E-state index contributed by atoms with van der Waals surface area (Å²) >= 11 is 0. The van der Waals surface area contributed by atoms with Crippen LogP contribution in [0.2, 0.25) is 0 Å². The molecule has 1 aromatic heterocycles. The summed E-state index contributed by atoms with van der Waals surface area (Å²) in [4.78, 5) is 11.1. The van der Waals surface area contributed by atoms with Crippen LogP contribution in [0.15, 0.2) is 10.5 Å². The first-order valence-corrected chi connectivity index (χ1v) is 7.38. The minimum Gasteiger partial charge on any atom is -0.545 e. The van der Waals surface area contributed by atoms with Gasteiger partial charge in [0.15, 0.2) is 0 Å². The first-order valence-electron chi connectivity index (χ1n) is 7.38. The monoisotopic (exact) mass is 259 g/mol. The number of hydrogen-bond acceptors (Lipinski definition) is 3. The summed E-state index contributed by atoms with van der Waals surface area (Å²) in [5.74, 6) is 2.82. The van der Waals surface area contributed by atoms with Crippen LogP contribution in [0.5, 0.6) is 0 Å². The second-order valence-electron chi connectivity index (χ2n) is 7.07. The number of carboxylic acids is 1. The van der Waals surface area contributed by atoms with Crippen molar-refractivity contribution in [1.29, 1.82) is 0 Å². The van der Waals surface area contributed by atoms with Gasteiger partial charge in [0.2, 0.25) is 0 Å². The number of rotatable bonds is 2. The average molecular weight is 259 g/mol. The molecule has 0 saturated heterocycles. The van der Waals surface area contributed by atoms with E-state index in [1.54, 1.807) is 13.0 Å². The zero-order valence-corrected chi connectivity index (χ0v) is 11.3. The number of carbonyl (C=O) groups excluding carboxylic acids is 1. The molecule has 19 heavy (non-hydrogen) atoms. The fourth-order valence-corrected chi connectivity index (χ4v) is 5.36. The van der Waals surface area contributed by atoms with Crippen molar-refractivity contribution < 1.29 is 14.3 Å². The Balaban J connectivity index is 1.75. The number of aryl methyl sites for hydroxylation is 1. The topological polar surface area (TPSA) is 53.3 Å². The first kappa shape index (κ1) is 11.6. The van der Waals surface area contributed by atoms with Crippen molar-refractivity contribution in [3.05, 3.63) is 23.2 Å². The molecule has 0 spiro atoms. The SMILES string of the molecule is Cc1oc(C23CC4CC(CC(C4)C2)C3)cc1C(=O)[O-].